The Morgan fingerprint density at radius 3 is 2.25 bits per heavy atom. The Morgan fingerprint density at radius 1 is 1.06 bits per heavy atom. The minimum absolute atomic E-state index is 0.0862. The number of amides is 1. The molecule has 0 spiro atoms. The van der Waals surface area contributed by atoms with E-state index in [-0.39, 0.29) is 29.0 Å². The van der Waals surface area contributed by atoms with E-state index in [0.717, 1.165) is 17.1 Å². The Morgan fingerprint density at radius 2 is 1.69 bits per heavy atom. The van der Waals surface area contributed by atoms with Crippen LogP contribution in [0.3, 0.4) is 0 Å². The summed E-state index contributed by atoms with van der Waals surface area (Å²) in [6, 6.07) is 18.5. The summed E-state index contributed by atoms with van der Waals surface area (Å²) in [6.45, 7) is 14.0. The highest BCUT2D eigenvalue weighted by Crippen LogP contribution is 2.41. The van der Waals surface area contributed by atoms with Gasteiger partial charge in [-0.05, 0) is 54.9 Å². The maximum absolute atomic E-state index is 13.3. The van der Waals surface area contributed by atoms with Crippen molar-refractivity contribution in [3.63, 3.8) is 0 Å². The molecule has 0 aliphatic carbocycles. The van der Waals surface area contributed by atoms with Gasteiger partial charge in [0.15, 0.2) is 8.32 Å². The number of carbonyl (C=O) groups is 1. The average molecular weight is 472 g/mol. The van der Waals surface area contributed by atoms with Crippen molar-refractivity contribution < 1.29 is 14.0 Å². The van der Waals surface area contributed by atoms with Crippen LogP contribution in [0.2, 0.25) is 18.1 Å². The molecule has 2 aromatic rings. The summed E-state index contributed by atoms with van der Waals surface area (Å²) < 4.78 is 11.9. The molecule has 2 aromatic carbocycles. The molecule has 1 saturated heterocycles. The van der Waals surface area contributed by atoms with E-state index < -0.39 is 8.32 Å². The normalized spacial score (nSPS) is 20.1. The second-order valence-corrected chi connectivity index (χ2v) is 16.0. The molecule has 0 bridgehead atoms. The topological polar surface area (TPSA) is 38.8 Å². The Balaban J connectivity index is 1.76. The molecular formula is C26H37NO3SSi. The maximum Gasteiger partial charge on any atom is 0.230 e. The molecule has 1 aliphatic heterocycles. The van der Waals surface area contributed by atoms with Gasteiger partial charge in [0.25, 0.3) is 0 Å². The van der Waals surface area contributed by atoms with Crippen LogP contribution in [0.4, 0.5) is 0 Å². The molecule has 4 nitrogen and oxygen atoms in total. The van der Waals surface area contributed by atoms with Gasteiger partial charge in [-0.1, -0.05) is 51.1 Å². The zero-order valence-corrected chi connectivity index (χ0v) is 22.2. The highest BCUT2D eigenvalue weighted by molar-refractivity contribution is 7.99. The lowest BCUT2D eigenvalue weighted by atomic mass is 9.84. The second-order valence-electron chi connectivity index (χ2n) is 10.1. The number of ether oxygens (including phenoxy) is 1. The van der Waals surface area contributed by atoms with Crippen LogP contribution in [0, 0.1) is 5.92 Å². The Kier molecular flexibility index (Phi) is 7.79. The van der Waals surface area contributed by atoms with E-state index in [1.54, 1.807) is 7.11 Å². The number of methoxy groups -OCH3 is 1. The van der Waals surface area contributed by atoms with Crippen LogP contribution in [0.15, 0.2) is 59.5 Å². The van der Waals surface area contributed by atoms with Gasteiger partial charge < -0.3 is 14.1 Å². The zero-order valence-electron chi connectivity index (χ0n) is 20.4. The number of carbonyl (C=O) groups excluding carboxylic acids is 1. The fourth-order valence-electron chi connectivity index (χ4n) is 3.87. The molecule has 1 heterocycles. The Bertz CT molecular complexity index is 896. The van der Waals surface area contributed by atoms with Crippen molar-refractivity contribution in [1.82, 2.24) is 4.90 Å². The third kappa shape index (κ3) is 5.59. The number of hydrogen-bond acceptors (Lipinski definition) is 4. The quantitative estimate of drug-likeness (QED) is 0.247. The van der Waals surface area contributed by atoms with Crippen LogP contribution in [-0.2, 0) is 15.8 Å². The molecule has 6 heteroatoms. The van der Waals surface area contributed by atoms with Crippen molar-refractivity contribution in [2.24, 2.45) is 5.92 Å². The lowest BCUT2D eigenvalue weighted by Gasteiger charge is -2.51. The highest BCUT2D eigenvalue weighted by atomic mass is 32.2. The van der Waals surface area contributed by atoms with Crippen LogP contribution in [0.25, 0.3) is 0 Å². The molecule has 32 heavy (non-hydrogen) atoms. The van der Waals surface area contributed by atoms with Crippen LogP contribution < -0.4 is 4.74 Å². The summed E-state index contributed by atoms with van der Waals surface area (Å²) in [7, 11) is -0.291. The lowest BCUT2D eigenvalue weighted by molar-refractivity contribution is -0.162. The minimum Gasteiger partial charge on any atom is -0.497 e. The van der Waals surface area contributed by atoms with Crippen LogP contribution >= 0.6 is 11.8 Å². The molecule has 0 radical (unpaired) electrons. The Labute approximate surface area is 198 Å². The largest absolute Gasteiger partial charge is 0.497 e. The Hall–Kier alpha value is -1.76. The number of rotatable bonds is 9. The monoisotopic (exact) mass is 471 g/mol. The van der Waals surface area contributed by atoms with Gasteiger partial charge in [-0.3, -0.25) is 4.79 Å². The maximum atomic E-state index is 13.3. The van der Waals surface area contributed by atoms with E-state index in [1.165, 1.54) is 4.90 Å². The summed E-state index contributed by atoms with van der Waals surface area (Å²) in [5, 5.41) is 0.116. The number of thioether (sulfide) groups is 1. The lowest BCUT2D eigenvalue weighted by Crippen LogP contribution is -2.66. The van der Waals surface area contributed by atoms with Crippen LogP contribution in [0.1, 0.15) is 33.3 Å². The summed E-state index contributed by atoms with van der Waals surface area (Å²) in [5.74, 6) is 1.79. The SMILES string of the molecule is COc1ccc(CN2C(=O)[C@H]([C@@H](C)O[Si](C)(C)C(C)(C)C)[C@H]2CSc2ccccc2)cc1. The number of nitrogens with zero attached hydrogens (tertiary/aromatic N) is 1. The number of benzene rings is 2. The van der Waals surface area contributed by atoms with Crippen molar-refractivity contribution >= 4 is 26.0 Å². The predicted octanol–water partition coefficient (Wildman–Crippen LogP) is 6.22. The van der Waals surface area contributed by atoms with Gasteiger partial charge in [0, 0.05) is 17.2 Å². The first-order chi connectivity index (χ1) is 15.0. The molecule has 174 valence electrons. The minimum atomic E-state index is -1.96. The summed E-state index contributed by atoms with van der Waals surface area (Å²) in [4.78, 5) is 16.6. The number of β-lactam (4-membered cyclic amide) rings is 1. The van der Waals surface area contributed by atoms with Gasteiger partial charge >= 0.3 is 0 Å². The molecule has 1 amide bonds. The van der Waals surface area contributed by atoms with Crippen molar-refractivity contribution in [2.75, 3.05) is 12.9 Å². The first-order valence-corrected chi connectivity index (χ1v) is 15.2. The summed E-state index contributed by atoms with van der Waals surface area (Å²) in [5.41, 5.74) is 1.12. The average Bonchev–Trinajstić information content (AvgIpc) is 2.74. The van der Waals surface area contributed by atoms with Gasteiger partial charge in [0.2, 0.25) is 5.91 Å². The third-order valence-electron chi connectivity index (χ3n) is 6.85. The van der Waals surface area contributed by atoms with Gasteiger partial charge in [-0.2, -0.15) is 0 Å². The third-order valence-corrected chi connectivity index (χ3v) is 12.5. The molecule has 3 rings (SSSR count). The number of hydrogen-bond donors (Lipinski definition) is 0. The fourth-order valence-corrected chi connectivity index (χ4v) is 6.40. The van der Waals surface area contributed by atoms with Crippen molar-refractivity contribution in [3.05, 3.63) is 60.2 Å². The summed E-state index contributed by atoms with van der Waals surface area (Å²) in [6.07, 6.45) is -0.0862. The van der Waals surface area contributed by atoms with Gasteiger partial charge in [-0.25, -0.2) is 0 Å². The smallest absolute Gasteiger partial charge is 0.230 e. The molecule has 1 fully saturated rings. The van der Waals surface area contributed by atoms with E-state index in [9.17, 15) is 4.79 Å². The first kappa shape index (κ1) is 24.9. The first-order valence-electron chi connectivity index (χ1n) is 11.3. The van der Waals surface area contributed by atoms with Gasteiger partial charge in [-0.15, -0.1) is 11.8 Å². The van der Waals surface area contributed by atoms with Crippen LogP contribution in [0.5, 0.6) is 5.75 Å². The van der Waals surface area contributed by atoms with Crippen molar-refractivity contribution in [3.8, 4) is 5.75 Å². The summed E-state index contributed by atoms with van der Waals surface area (Å²) >= 11 is 1.81. The zero-order chi connectivity index (χ0) is 23.5. The van der Waals surface area contributed by atoms with Crippen molar-refractivity contribution in [1.29, 1.82) is 0 Å². The van der Waals surface area contributed by atoms with E-state index in [4.69, 9.17) is 9.16 Å². The molecule has 3 atom stereocenters. The number of likely N-dealkylation sites (tertiary alicyclic amines) is 1. The fraction of sp³-hybridized carbons (Fsp3) is 0.500. The van der Waals surface area contributed by atoms with Crippen LogP contribution in [-0.4, -0.2) is 44.1 Å². The molecule has 0 unspecified atom stereocenters. The standard InChI is InChI=1S/C26H37NO3SSi/c1-19(30-32(6,7)26(2,3)4)24-23(18-31-22-11-9-8-10-12-22)27(25(24)28)17-20-13-15-21(29-5)16-14-20/h8-16,19,23-24H,17-18H2,1-7H3/t19-,23-,24-/m1/s1. The molecule has 0 N–H and O–H groups in total. The van der Waals surface area contributed by atoms with E-state index in [2.05, 4.69) is 65.1 Å². The second kappa shape index (κ2) is 10.0. The van der Waals surface area contributed by atoms with Gasteiger partial charge in [0.05, 0.1) is 25.2 Å². The predicted molar refractivity (Wildman–Crippen MR) is 136 cm³/mol. The van der Waals surface area contributed by atoms with Gasteiger partial charge in [0.1, 0.15) is 5.75 Å². The molecule has 0 aromatic heterocycles. The molecule has 0 saturated carbocycles. The highest BCUT2D eigenvalue weighted by Gasteiger charge is 2.52. The molecule has 1 aliphatic rings. The van der Waals surface area contributed by atoms with E-state index in [1.807, 2.05) is 47.0 Å². The van der Waals surface area contributed by atoms with E-state index in [0.29, 0.717) is 6.54 Å². The molecular weight excluding hydrogens is 434 g/mol. The van der Waals surface area contributed by atoms with Crippen molar-refractivity contribution in [2.45, 2.75) is 69.4 Å². The van der Waals surface area contributed by atoms with E-state index >= 15 is 0 Å².